The molecule has 9 nitrogen and oxygen atoms in total. The number of aromatic nitrogens is 4. The first-order valence-corrected chi connectivity index (χ1v) is 11.0. The van der Waals surface area contributed by atoms with Gasteiger partial charge in [0.05, 0.1) is 16.8 Å². The van der Waals surface area contributed by atoms with E-state index in [-0.39, 0.29) is 23.3 Å². The van der Waals surface area contributed by atoms with Crippen LogP contribution in [-0.2, 0) is 0 Å². The number of anilines is 1. The van der Waals surface area contributed by atoms with E-state index in [1.807, 2.05) is 19.2 Å². The number of imide groups is 1. The fourth-order valence-electron chi connectivity index (χ4n) is 3.34. The van der Waals surface area contributed by atoms with E-state index in [0.717, 1.165) is 12.8 Å². The molecule has 0 radical (unpaired) electrons. The van der Waals surface area contributed by atoms with Crippen molar-refractivity contribution in [2.45, 2.75) is 24.9 Å². The quantitative estimate of drug-likeness (QED) is 0.448. The predicted octanol–water partition coefficient (Wildman–Crippen LogP) is 3.03. The lowest BCUT2D eigenvalue weighted by Crippen LogP contribution is -2.30. The molecule has 1 aliphatic heterocycles. The van der Waals surface area contributed by atoms with Gasteiger partial charge in [-0.15, -0.1) is 5.10 Å². The van der Waals surface area contributed by atoms with Gasteiger partial charge >= 0.3 is 0 Å². The number of thioether (sulfide) groups is 1. The zero-order chi connectivity index (χ0) is 22.0. The summed E-state index contributed by atoms with van der Waals surface area (Å²) in [6.45, 7) is 2.38. The Morgan fingerprint density at radius 3 is 2.68 bits per heavy atom. The van der Waals surface area contributed by atoms with Crippen LogP contribution >= 0.6 is 11.8 Å². The first-order chi connectivity index (χ1) is 15.0. The summed E-state index contributed by atoms with van der Waals surface area (Å²) in [6.07, 6.45) is 3.50. The van der Waals surface area contributed by atoms with Crippen LogP contribution in [0.25, 0.3) is 5.69 Å². The number of nitrogens with one attached hydrogen (secondary N) is 1. The zero-order valence-corrected chi connectivity index (χ0v) is 17.8. The van der Waals surface area contributed by atoms with Crippen LogP contribution in [0.5, 0.6) is 0 Å². The predicted molar refractivity (Wildman–Crippen MR) is 116 cm³/mol. The molecule has 0 fully saturated rings. The Balaban J connectivity index is 1.55. The summed E-state index contributed by atoms with van der Waals surface area (Å²) in [5.74, 6) is -1.04. The maximum atomic E-state index is 12.8. The monoisotopic (exact) mass is 436 g/mol. The minimum Gasteiger partial charge on any atom is -0.322 e. The van der Waals surface area contributed by atoms with Crippen LogP contribution in [0.15, 0.2) is 47.6 Å². The van der Waals surface area contributed by atoms with Crippen molar-refractivity contribution in [2.75, 3.05) is 18.1 Å². The lowest BCUT2D eigenvalue weighted by atomic mass is 10.1. The van der Waals surface area contributed by atoms with Crippen LogP contribution < -0.4 is 5.32 Å². The molecule has 2 heterocycles. The van der Waals surface area contributed by atoms with Crippen LogP contribution in [0.2, 0.25) is 0 Å². The number of nitrogens with zero attached hydrogens (tertiary/aromatic N) is 5. The second-order valence-electron chi connectivity index (χ2n) is 6.96. The molecule has 0 aliphatic carbocycles. The van der Waals surface area contributed by atoms with Crippen molar-refractivity contribution in [1.29, 1.82) is 0 Å². The molecule has 0 atom stereocenters. The van der Waals surface area contributed by atoms with Crippen LogP contribution in [0, 0.1) is 0 Å². The van der Waals surface area contributed by atoms with E-state index in [0.29, 0.717) is 34.2 Å². The number of carbonyl (C=O) groups excluding carboxylic acids is 3. The average Bonchev–Trinajstić information content (AvgIpc) is 3.35. The summed E-state index contributed by atoms with van der Waals surface area (Å²) in [7, 11) is 0. The summed E-state index contributed by atoms with van der Waals surface area (Å²) in [5.41, 5.74) is 2.16. The Kier molecular flexibility index (Phi) is 5.81. The van der Waals surface area contributed by atoms with Crippen molar-refractivity contribution < 1.29 is 14.4 Å². The molecule has 0 saturated carbocycles. The highest BCUT2D eigenvalue weighted by Crippen LogP contribution is 2.25. The first kappa shape index (κ1) is 20.7. The summed E-state index contributed by atoms with van der Waals surface area (Å²) in [4.78, 5) is 39.2. The minimum atomic E-state index is -0.381. The van der Waals surface area contributed by atoms with E-state index in [1.54, 1.807) is 35.0 Å². The van der Waals surface area contributed by atoms with Gasteiger partial charge < -0.3 is 5.32 Å². The highest BCUT2D eigenvalue weighted by molar-refractivity contribution is 7.98. The van der Waals surface area contributed by atoms with Crippen molar-refractivity contribution in [3.63, 3.8) is 0 Å². The normalized spacial score (nSPS) is 12.9. The Labute approximate surface area is 182 Å². The number of hydrogen-bond acceptors (Lipinski definition) is 7. The Morgan fingerprint density at radius 2 is 1.90 bits per heavy atom. The molecule has 2 aromatic carbocycles. The second-order valence-corrected chi connectivity index (χ2v) is 7.73. The van der Waals surface area contributed by atoms with E-state index >= 15 is 0 Å². The second kappa shape index (κ2) is 8.68. The molecule has 31 heavy (non-hydrogen) atoms. The molecule has 0 bridgehead atoms. The van der Waals surface area contributed by atoms with Gasteiger partial charge in [0, 0.05) is 17.8 Å². The van der Waals surface area contributed by atoms with E-state index < -0.39 is 0 Å². The van der Waals surface area contributed by atoms with E-state index in [2.05, 4.69) is 20.8 Å². The Morgan fingerprint density at radius 1 is 1.10 bits per heavy atom. The zero-order valence-electron chi connectivity index (χ0n) is 17.0. The minimum absolute atomic E-state index is 0.265. The molecule has 1 aromatic heterocycles. The average molecular weight is 436 g/mol. The van der Waals surface area contributed by atoms with Crippen molar-refractivity contribution in [2.24, 2.45) is 0 Å². The van der Waals surface area contributed by atoms with Gasteiger partial charge in [-0.2, -0.15) is 4.68 Å². The van der Waals surface area contributed by atoms with Crippen LogP contribution in [0.1, 0.15) is 50.8 Å². The molecular formula is C21H20N6O3S. The molecule has 0 spiro atoms. The number of benzene rings is 2. The Hall–Kier alpha value is -3.53. The summed E-state index contributed by atoms with van der Waals surface area (Å²) in [5, 5.41) is 15.0. The van der Waals surface area contributed by atoms with Crippen molar-refractivity contribution in [3.8, 4) is 5.69 Å². The van der Waals surface area contributed by atoms with Gasteiger partial charge in [0.1, 0.15) is 0 Å². The number of amides is 3. The fourth-order valence-corrected chi connectivity index (χ4v) is 3.77. The van der Waals surface area contributed by atoms with Gasteiger partial charge in [0.15, 0.2) is 0 Å². The van der Waals surface area contributed by atoms with E-state index in [4.69, 9.17) is 0 Å². The number of tetrazole rings is 1. The van der Waals surface area contributed by atoms with E-state index in [1.165, 1.54) is 22.7 Å². The lowest BCUT2D eigenvalue weighted by molar-refractivity contribution is 0.0652. The smallest absolute Gasteiger partial charge is 0.261 e. The highest BCUT2D eigenvalue weighted by atomic mass is 32.2. The molecule has 4 rings (SSSR count). The van der Waals surface area contributed by atoms with Gasteiger partial charge in [0.2, 0.25) is 5.16 Å². The van der Waals surface area contributed by atoms with E-state index in [9.17, 15) is 14.4 Å². The number of rotatable bonds is 7. The molecule has 0 saturated heterocycles. The molecule has 1 aliphatic rings. The van der Waals surface area contributed by atoms with Gasteiger partial charge in [-0.1, -0.05) is 31.2 Å². The summed E-state index contributed by atoms with van der Waals surface area (Å²) < 4.78 is 1.57. The summed E-state index contributed by atoms with van der Waals surface area (Å²) >= 11 is 1.41. The van der Waals surface area contributed by atoms with Gasteiger partial charge in [-0.05, 0) is 59.5 Å². The molecule has 10 heteroatoms. The SMILES string of the molecule is CCCCN1C(=O)c2ccc(C(=O)Nc3cccc(-n4nnnc4SC)c3)cc2C1=O. The van der Waals surface area contributed by atoms with Crippen molar-refractivity contribution in [3.05, 3.63) is 59.2 Å². The standard InChI is InChI=1S/C21H20N6O3S/c1-3-4-10-26-19(29)16-9-8-13(11-17(16)20(26)30)18(28)22-14-6-5-7-15(12-14)27-21(31-2)23-24-25-27/h5-9,11-12H,3-4,10H2,1-2H3,(H,22,28). The van der Waals surface area contributed by atoms with Crippen LogP contribution in [0.3, 0.4) is 0 Å². The maximum absolute atomic E-state index is 12.8. The Bertz CT molecular complexity index is 1180. The van der Waals surface area contributed by atoms with Crippen molar-refractivity contribution >= 4 is 35.2 Å². The topological polar surface area (TPSA) is 110 Å². The maximum Gasteiger partial charge on any atom is 0.261 e. The molecule has 0 unspecified atom stereocenters. The lowest BCUT2D eigenvalue weighted by Gasteiger charge is -2.12. The fraction of sp³-hybridized carbons (Fsp3) is 0.238. The molecule has 1 N–H and O–H groups in total. The number of hydrogen-bond donors (Lipinski definition) is 1. The number of unbranched alkanes of at least 4 members (excludes halogenated alkanes) is 1. The van der Waals surface area contributed by atoms with Crippen molar-refractivity contribution in [1.82, 2.24) is 25.1 Å². The summed E-state index contributed by atoms with van der Waals surface area (Å²) in [6, 6.07) is 11.7. The third kappa shape index (κ3) is 3.93. The molecule has 3 amide bonds. The highest BCUT2D eigenvalue weighted by Gasteiger charge is 2.35. The molecule has 3 aromatic rings. The first-order valence-electron chi connectivity index (χ1n) is 9.78. The molecule has 158 valence electrons. The molecular weight excluding hydrogens is 416 g/mol. The third-order valence-electron chi connectivity index (χ3n) is 4.94. The largest absolute Gasteiger partial charge is 0.322 e. The van der Waals surface area contributed by atoms with Crippen LogP contribution in [0.4, 0.5) is 5.69 Å². The van der Waals surface area contributed by atoms with Gasteiger partial charge in [0.25, 0.3) is 17.7 Å². The third-order valence-corrected chi connectivity index (χ3v) is 5.56. The number of carbonyl (C=O) groups is 3. The van der Waals surface area contributed by atoms with Crippen LogP contribution in [-0.4, -0.2) is 55.6 Å². The van der Waals surface area contributed by atoms with Gasteiger partial charge in [-0.25, -0.2) is 0 Å². The van der Waals surface area contributed by atoms with Gasteiger partial charge in [-0.3, -0.25) is 19.3 Å². The number of fused-ring (bicyclic) bond motifs is 1.